The number of amides is 1. The third kappa shape index (κ3) is 4.19. The highest BCUT2D eigenvalue weighted by Gasteiger charge is 2.23. The molecule has 1 aliphatic rings. The molecule has 0 radical (unpaired) electrons. The summed E-state index contributed by atoms with van der Waals surface area (Å²) in [6.45, 7) is 0.854. The Labute approximate surface area is 119 Å². The zero-order chi connectivity index (χ0) is 12.1. The Bertz CT molecular complexity index is 377. The molecule has 100 valence electrons. The van der Waals surface area contributed by atoms with Crippen molar-refractivity contribution in [2.24, 2.45) is 0 Å². The molecule has 1 heterocycles. The Morgan fingerprint density at radius 3 is 2.67 bits per heavy atom. The number of halogens is 1. The highest BCUT2D eigenvalue weighted by molar-refractivity contribution is 8.00. The number of thioether (sulfide) groups is 1. The highest BCUT2D eigenvalue weighted by atomic mass is 35.5. The van der Waals surface area contributed by atoms with Gasteiger partial charge in [-0.15, -0.1) is 24.2 Å². The molecule has 18 heavy (non-hydrogen) atoms. The number of benzene rings is 1. The lowest BCUT2D eigenvalue weighted by atomic mass is 10.2. The Balaban J connectivity index is 0.00000162. The molecule has 1 unspecified atom stereocenters. The molecule has 0 saturated carbocycles. The van der Waals surface area contributed by atoms with Gasteiger partial charge in [-0.05, 0) is 43.3 Å². The predicted octanol–water partition coefficient (Wildman–Crippen LogP) is 2.66. The first kappa shape index (κ1) is 15.3. The molecule has 2 N–H and O–H groups in total. The van der Waals surface area contributed by atoms with Gasteiger partial charge < -0.3 is 10.6 Å². The second kappa shape index (κ2) is 7.67. The van der Waals surface area contributed by atoms with Crippen LogP contribution >= 0.6 is 24.2 Å². The van der Waals surface area contributed by atoms with E-state index in [1.807, 2.05) is 31.3 Å². The normalized spacial score (nSPS) is 18.2. The van der Waals surface area contributed by atoms with Crippen molar-refractivity contribution in [3.63, 3.8) is 0 Å². The van der Waals surface area contributed by atoms with Crippen LogP contribution in [-0.4, -0.2) is 24.0 Å². The van der Waals surface area contributed by atoms with Gasteiger partial charge in [0.05, 0.1) is 5.25 Å². The van der Waals surface area contributed by atoms with Crippen molar-refractivity contribution >= 4 is 35.8 Å². The second-order valence-corrected chi connectivity index (χ2v) is 5.53. The molecule has 3 nitrogen and oxygen atoms in total. The van der Waals surface area contributed by atoms with Crippen LogP contribution < -0.4 is 10.6 Å². The Morgan fingerprint density at radius 1 is 1.39 bits per heavy atom. The van der Waals surface area contributed by atoms with E-state index in [9.17, 15) is 4.79 Å². The fourth-order valence-corrected chi connectivity index (χ4v) is 3.08. The summed E-state index contributed by atoms with van der Waals surface area (Å²) in [4.78, 5) is 11.9. The summed E-state index contributed by atoms with van der Waals surface area (Å²) in [5, 5.41) is 6.22. The molecule has 5 heteroatoms. The molecule has 1 aromatic rings. The van der Waals surface area contributed by atoms with Crippen molar-refractivity contribution in [3.05, 3.63) is 29.8 Å². The van der Waals surface area contributed by atoms with Crippen LogP contribution in [0.3, 0.4) is 0 Å². The summed E-state index contributed by atoms with van der Waals surface area (Å²) < 4.78 is 0. The molecule has 1 aliphatic heterocycles. The van der Waals surface area contributed by atoms with E-state index in [-0.39, 0.29) is 23.6 Å². The van der Waals surface area contributed by atoms with Crippen LogP contribution in [0.25, 0.3) is 0 Å². The van der Waals surface area contributed by atoms with E-state index < -0.39 is 0 Å². The molecule has 1 amide bonds. The summed E-state index contributed by atoms with van der Waals surface area (Å²) >= 11 is 1.76. The molecular formula is C13H19ClN2OS. The maximum Gasteiger partial charge on any atom is 0.237 e. The van der Waals surface area contributed by atoms with Gasteiger partial charge in [0.1, 0.15) is 0 Å². The largest absolute Gasteiger partial charge is 0.325 e. The van der Waals surface area contributed by atoms with Crippen molar-refractivity contribution in [2.75, 3.05) is 18.1 Å². The lowest BCUT2D eigenvalue weighted by Gasteiger charge is -2.10. The van der Waals surface area contributed by atoms with Crippen molar-refractivity contribution in [1.29, 1.82) is 0 Å². The first-order chi connectivity index (χ1) is 8.29. The summed E-state index contributed by atoms with van der Waals surface area (Å²) in [6.07, 6.45) is 2.16. The van der Waals surface area contributed by atoms with E-state index in [4.69, 9.17) is 0 Å². The van der Waals surface area contributed by atoms with Gasteiger partial charge in [-0.3, -0.25) is 4.79 Å². The molecule has 0 aromatic heterocycles. The third-order valence-electron chi connectivity index (χ3n) is 2.82. The second-order valence-electron chi connectivity index (χ2n) is 4.22. The number of anilines is 1. The number of nitrogens with one attached hydrogen (secondary N) is 2. The van der Waals surface area contributed by atoms with E-state index in [0.717, 1.165) is 30.8 Å². The maximum absolute atomic E-state index is 11.9. The lowest BCUT2D eigenvalue weighted by molar-refractivity contribution is -0.115. The smallest absolute Gasteiger partial charge is 0.237 e. The Morgan fingerprint density at radius 2 is 2.11 bits per heavy atom. The topological polar surface area (TPSA) is 41.1 Å². The number of carbonyl (C=O) groups excluding carboxylic acids is 1. The Kier molecular flexibility index (Phi) is 6.54. The van der Waals surface area contributed by atoms with Crippen LogP contribution in [0, 0.1) is 0 Å². The maximum atomic E-state index is 11.9. The standard InChI is InChI=1S/C13H18N2OS.ClH/c1-14-9-10-4-6-11(7-5-10)15-13(16)12-3-2-8-17-12;/h4-7,12,14H,2-3,8-9H2,1H3,(H,15,16);1H. The minimum atomic E-state index is 0. The average molecular weight is 287 g/mol. The number of carbonyl (C=O) groups is 1. The minimum absolute atomic E-state index is 0. The summed E-state index contributed by atoms with van der Waals surface area (Å²) in [5.74, 6) is 1.26. The molecule has 1 aromatic carbocycles. The van der Waals surface area contributed by atoms with Gasteiger partial charge in [0, 0.05) is 12.2 Å². The van der Waals surface area contributed by atoms with E-state index in [1.54, 1.807) is 11.8 Å². The molecule has 1 saturated heterocycles. The number of rotatable bonds is 4. The van der Waals surface area contributed by atoms with Gasteiger partial charge in [-0.1, -0.05) is 12.1 Å². The molecule has 1 fully saturated rings. The molecule has 0 bridgehead atoms. The number of hydrogen-bond acceptors (Lipinski definition) is 3. The third-order valence-corrected chi connectivity index (χ3v) is 4.20. The van der Waals surface area contributed by atoms with Gasteiger partial charge >= 0.3 is 0 Å². The molecule has 0 aliphatic carbocycles. The highest BCUT2D eigenvalue weighted by Crippen LogP contribution is 2.27. The monoisotopic (exact) mass is 286 g/mol. The van der Waals surface area contributed by atoms with Crippen LogP contribution in [0.4, 0.5) is 5.69 Å². The first-order valence-electron chi connectivity index (χ1n) is 5.95. The minimum Gasteiger partial charge on any atom is -0.325 e. The predicted molar refractivity (Wildman–Crippen MR) is 80.6 cm³/mol. The number of hydrogen-bond donors (Lipinski definition) is 2. The van der Waals surface area contributed by atoms with E-state index >= 15 is 0 Å². The van der Waals surface area contributed by atoms with Crippen LogP contribution in [0.5, 0.6) is 0 Å². The molecule has 0 spiro atoms. The van der Waals surface area contributed by atoms with Gasteiger partial charge in [0.2, 0.25) is 5.91 Å². The van der Waals surface area contributed by atoms with Crippen LogP contribution in [0.15, 0.2) is 24.3 Å². The van der Waals surface area contributed by atoms with Gasteiger partial charge in [-0.25, -0.2) is 0 Å². The van der Waals surface area contributed by atoms with E-state index in [0.29, 0.717) is 0 Å². The van der Waals surface area contributed by atoms with Gasteiger partial charge in [0.15, 0.2) is 0 Å². The van der Waals surface area contributed by atoms with Crippen molar-refractivity contribution in [3.8, 4) is 0 Å². The van der Waals surface area contributed by atoms with Gasteiger partial charge in [0.25, 0.3) is 0 Å². The first-order valence-corrected chi connectivity index (χ1v) is 7.00. The van der Waals surface area contributed by atoms with E-state index in [1.165, 1.54) is 5.56 Å². The van der Waals surface area contributed by atoms with Crippen LogP contribution in [0.2, 0.25) is 0 Å². The molecule has 2 rings (SSSR count). The van der Waals surface area contributed by atoms with Crippen LogP contribution in [-0.2, 0) is 11.3 Å². The van der Waals surface area contributed by atoms with E-state index in [2.05, 4.69) is 10.6 Å². The lowest BCUT2D eigenvalue weighted by Crippen LogP contribution is -2.22. The van der Waals surface area contributed by atoms with Crippen molar-refractivity contribution in [1.82, 2.24) is 5.32 Å². The fourth-order valence-electron chi connectivity index (χ4n) is 1.92. The molecular weight excluding hydrogens is 268 g/mol. The van der Waals surface area contributed by atoms with Crippen molar-refractivity contribution in [2.45, 2.75) is 24.6 Å². The van der Waals surface area contributed by atoms with Crippen LogP contribution in [0.1, 0.15) is 18.4 Å². The zero-order valence-electron chi connectivity index (χ0n) is 10.4. The zero-order valence-corrected chi connectivity index (χ0v) is 12.1. The molecule has 1 atom stereocenters. The fraction of sp³-hybridized carbons (Fsp3) is 0.462. The average Bonchev–Trinajstić information content (AvgIpc) is 2.86. The van der Waals surface area contributed by atoms with Gasteiger partial charge in [-0.2, -0.15) is 0 Å². The Hall–Kier alpha value is -0.710. The summed E-state index contributed by atoms with van der Waals surface area (Å²) in [7, 11) is 1.92. The van der Waals surface area contributed by atoms with Crippen molar-refractivity contribution < 1.29 is 4.79 Å². The SMILES string of the molecule is CNCc1ccc(NC(=O)C2CCCS2)cc1.Cl. The quantitative estimate of drug-likeness (QED) is 0.894. The summed E-state index contributed by atoms with van der Waals surface area (Å²) in [6, 6.07) is 8.00. The summed E-state index contributed by atoms with van der Waals surface area (Å²) in [5.41, 5.74) is 2.11.